The van der Waals surface area contributed by atoms with Gasteiger partial charge in [0.15, 0.2) is 9.84 Å². The summed E-state index contributed by atoms with van der Waals surface area (Å²) in [6.07, 6.45) is 0.490. The minimum Gasteiger partial charge on any atom is -0.340 e. The van der Waals surface area contributed by atoms with Crippen molar-refractivity contribution in [2.45, 2.75) is 43.7 Å². The average molecular weight is 350 g/mol. The van der Waals surface area contributed by atoms with Gasteiger partial charge in [0.05, 0.1) is 15.5 Å². The van der Waals surface area contributed by atoms with E-state index in [0.29, 0.717) is 13.0 Å². The molecule has 1 amide bonds. The predicted octanol–water partition coefficient (Wildman–Crippen LogP) is 1.25. The Hall–Kier alpha value is -1.96. The molecule has 130 valence electrons. The number of rotatable bonds is 3. The fourth-order valence-corrected chi connectivity index (χ4v) is 4.76. The average Bonchev–Trinajstić information content (AvgIpc) is 3.14. The molecular formula is C16H22N4O3S. The number of benzene rings is 1. The van der Waals surface area contributed by atoms with Crippen molar-refractivity contribution in [3.63, 3.8) is 0 Å². The second-order valence-electron chi connectivity index (χ2n) is 7.14. The molecule has 1 aromatic heterocycles. The Morgan fingerprint density at radius 2 is 2.00 bits per heavy atom. The normalized spacial score (nSPS) is 19.1. The molecule has 1 aliphatic rings. The van der Waals surface area contributed by atoms with E-state index in [0.717, 1.165) is 11.0 Å². The van der Waals surface area contributed by atoms with Crippen molar-refractivity contribution in [1.29, 1.82) is 0 Å². The molecule has 0 radical (unpaired) electrons. The van der Waals surface area contributed by atoms with Crippen LogP contribution in [-0.4, -0.2) is 57.3 Å². The zero-order chi connectivity index (χ0) is 17.5. The maximum Gasteiger partial charge on any atom is 0.244 e. The molecule has 8 heteroatoms. The number of sulfone groups is 1. The summed E-state index contributed by atoms with van der Waals surface area (Å²) >= 11 is 0. The molecule has 0 N–H and O–H groups in total. The Balaban J connectivity index is 1.71. The molecule has 1 fully saturated rings. The van der Waals surface area contributed by atoms with Gasteiger partial charge in [-0.25, -0.2) is 13.1 Å². The van der Waals surface area contributed by atoms with Gasteiger partial charge in [0.1, 0.15) is 12.1 Å². The van der Waals surface area contributed by atoms with Crippen molar-refractivity contribution in [2.24, 2.45) is 0 Å². The minimum atomic E-state index is -3.27. The molecule has 1 saturated heterocycles. The summed E-state index contributed by atoms with van der Waals surface area (Å²) in [5.41, 5.74) is 1.53. The van der Waals surface area contributed by atoms with Crippen molar-refractivity contribution in [3.05, 3.63) is 24.3 Å². The van der Waals surface area contributed by atoms with Gasteiger partial charge in [-0.1, -0.05) is 17.3 Å². The Morgan fingerprint density at radius 1 is 1.29 bits per heavy atom. The number of nitrogens with zero attached hydrogens (tertiary/aromatic N) is 4. The van der Waals surface area contributed by atoms with Crippen LogP contribution in [0.5, 0.6) is 0 Å². The highest BCUT2D eigenvalue weighted by molar-refractivity contribution is 7.93. The van der Waals surface area contributed by atoms with E-state index < -0.39 is 19.8 Å². The van der Waals surface area contributed by atoms with E-state index in [1.807, 2.05) is 24.3 Å². The quantitative estimate of drug-likeness (QED) is 0.831. The molecule has 0 saturated carbocycles. The number of aromatic nitrogens is 3. The fourth-order valence-electron chi connectivity index (χ4n) is 2.97. The smallest absolute Gasteiger partial charge is 0.244 e. The summed E-state index contributed by atoms with van der Waals surface area (Å²) < 4.78 is 25.8. The van der Waals surface area contributed by atoms with Crippen molar-refractivity contribution in [1.82, 2.24) is 19.9 Å². The summed E-state index contributed by atoms with van der Waals surface area (Å²) in [5, 5.41) is 7.55. The Kier molecular flexibility index (Phi) is 4.11. The number of carbonyl (C=O) groups is 1. The molecule has 2 aromatic rings. The molecule has 0 bridgehead atoms. The van der Waals surface area contributed by atoms with Gasteiger partial charge in [0, 0.05) is 13.1 Å². The van der Waals surface area contributed by atoms with Crippen LogP contribution in [0.3, 0.4) is 0 Å². The molecule has 3 rings (SSSR count). The molecule has 0 aliphatic carbocycles. The number of amides is 1. The fraction of sp³-hybridized carbons (Fsp3) is 0.562. The maximum atomic E-state index is 12.5. The van der Waals surface area contributed by atoms with Crippen LogP contribution < -0.4 is 0 Å². The van der Waals surface area contributed by atoms with Gasteiger partial charge in [-0.2, -0.15) is 0 Å². The van der Waals surface area contributed by atoms with Crippen molar-refractivity contribution in [2.75, 3.05) is 13.1 Å². The van der Waals surface area contributed by atoms with Crippen LogP contribution in [-0.2, 0) is 21.2 Å². The van der Waals surface area contributed by atoms with Crippen LogP contribution in [0.2, 0.25) is 0 Å². The highest BCUT2D eigenvalue weighted by atomic mass is 32.2. The van der Waals surface area contributed by atoms with Crippen LogP contribution in [0.25, 0.3) is 11.0 Å². The van der Waals surface area contributed by atoms with Gasteiger partial charge < -0.3 is 4.90 Å². The number of carbonyl (C=O) groups excluding carboxylic acids is 1. The van der Waals surface area contributed by atoms with E-state index in [1.165, 1.54) is 0 Å². The molecule has 24 heavy (non-hydrogen) atoms. The second kappa shape index (κ2) is 5.84. The second-order valence-corrected chi connectivity index (χ2v) is 10.1. The topological polar surface area (TPSA) is 85.2 Å². The van der Waals surface area contributed by atoms with Crippen LogP contribution in [0.1, 0.15) is 27.2 Å². The van der Waals surface area contributed by atoms with Crippen LogP contribution in [0, 0.1) is 0 Å². The molecule has 2 heterocycles. The third kappa shape index (κ3) is 2.90. The first-order chi connectivity index (χ1) is 11.2. The Morgan fingerprint density at radius 3 is 2.71 bits per heavy atom. The summed E-state index contributed by atoms with van der Waals surface area (Å²) in [7, 11) is -3.27. The van der Waals surface area contributed by atoms with Crippen LogP contribution in [0.4, 0.5) is 0 Å². The van der Waals surface area contributed by atoms with E-state index in [9.17, 15) is 13.2 Å². The third-order valence-electron chi connectivity index (χ3n) is 4.50. The van der Waals surface area contributed by atoms with E-state index in [1.54, 1.807) is 30.4 Å². The number of fused-ring (bicyclic) bond motifs is 1. The van der Waals surface area contributed by atoms with Gasteiger partial charge in [0.25, 0.3) is 0 Å². The molecule has 7 nitrogen and oxygen atoms in total. The minimum absolute atomic E-state index is 0.0722. The van der Waals surface area contributed by atoms with Crippen LogP contribution in [0.15, 0.2) is 24.3 Å². The first-order valence-corrected chi connectivity index (χ1v) is 9.54. The lowest BCUT2D eigenvalue weighted by molar-refractivity contribution is -0.130. The summed E-state index contributed by atoms with van der Waals surface area (Å²) in [5.74, 6) is -0.128. The zero-order valence-electron chi connectivity index (χ0n) is 14.1. The summed E-state index contributed by atoms with van der Waals surface area (Å²) in [6.45, 7) is 5.90. The SMILES string of the molecule is CC(C)(C)S(=O)(=O)C1CCN(C(=O)Cn2nnc3ccccc32)C1. The van der Waals surface area contributed by atoms with Gasteiger partial charge in [-0.15, -0.1) is 5.10 Å². The van der Waals surface area contributed by atoms with E-state index in [-0.39, 0.29) is 19.0 Å². The van der Waals surface area contributed by atoms with E-state index >= 15 is 0 Å². The van der Waals surface area contributed by atoms with E-state index in [4.69, 9.17) is 0 Å². The first kappa shape index (κ1) is 16.9. The number of hydrogen-bond donors (Lipinski definition) is 0. The molecule has 1 unspecified atom stereocenters. The van der Waals surface area contributed by atoms with Crippen molar-refractivity contribution < 1.29 is 13.2 Å². The van der Waals surface area contributed by atoms with Crippen molar-refractivity contribution in [3.8, 4) is 0 Å². The highest BCUT2D eigenvalue weighted by Crippen LogP contribution is 2.27. The molecule has 0 spiro atoms. The lowest BCUT2D eigenvalue weighted by Gasteiger charge is -2.24. The lowest BCUT2D eigenvalue weighted by Crippen LogP contribution is -2.40. The number of hydrogen-bond acceptors (Lipinski definition) is 5. The van der Waals surface area contributed by atoms with Gasteiger partial charge in [-0.3, -0.25) is 4.79 Å². The molecule has 1 aromatic carbocycles. The lowest BCUT2D eigenvalue weighted by atomic mass is 10.3. The number of likely N-dealkylation sites (tertiary alicyclic amines) is 1. The van der Waals surface area contributed by atoms with Crippen LogP contribution >= 0.6 is 0 Å². The molecule has 1 aliphatic heterocycles. The first-order valence-electron chi connectivity index (χ1n) is 7.99. The van der Waals surface area contributed by atoms with Crippen molar-refractivity contribution >= 4 is 26.8 Å². The Bertz CT molecular complexity index is 867. The molecule has 1 atom stereocenters. The summed E-state index contributed by atoms with van der Waals surface area (Å²) in [4.78, 5) is 14.1. The molecular weight excluding hydrogens is 328 g/mol. The maximum absolute atomic E-state index is 12.5. The van der Waals surface area contributed by atoms with E-state index in [2.05, 4.69) is 10.3 Å². The monoisotopic (exact) mass is 350 g/mol. The standard InChI is InChI=1S/C16H22N4O3S/c1-16(2,3)24(22,23)12-8-9-19(10-12)15(21)11-20-14-7-5-4-6-13(14)17-18-20/h4-7,12H,8-11H2,1-3H3. The predicted molar refractivity (Wildman–Crippen MR) is 91.2 cm³/mol. The summed E-state index contributed by atoms with van der Waals surface area (Å²) in [6, 6.07) is 7.44. The highest BCUT2D eigenvalue weighted by Gasteiger charge is 2.41. The largest absolute Gasteiger partial charge is 0.340 e. The van der Waals surface area contributed by atoms with Gasteiger partial charge in [-0.05, 0) is 39.3 Å². The van der Waals surface area contributed by atoms with Gasteiger partial charge >= 0.3 is 0 Å². The zero-order valence-corrected chi connectivity index (χ0v) is 15.0. The third-order valence-corrected chi connectivity index (χ3v) is 7.46. The Labute approximate surface area is 141 Å². The van der Waals surface area contributed by atoms with Gasteiger partial charge in [0.2, 0.25) is 5.91 Å². The number of para-hydroxylation sites is 1.